The molecule has 2 saturated heterocycles. The van der Waals surface area contributed by atoms with Gasteiger partial charge in [0.2, 0.25) is 5.91 Å². The third-order valence-electron chi connectivity index (χ3n) is 3.42. The Balaban J connectivity index is 1.86. The van der Waals surface area contributed by atoms with Gasteiger partial charge in [-0.25, -0.2) is 8.42 Å². The van der Waals surface area contributed by atoms with Gasteiger partial charge in [0.1, 0.15) is 0 Å². The van der Waals surface area contributed by atoms with Gasteiger partial charge < -0.3 is 15.5 Å². The first-order valence-corrected chi connectivity index (χ1v) is 8.31. The maximum Gasteiger partial charge on any atom is 0.224 e. The van der Waals surface area contributed by atoms with Gasteiger partial charge in [0.05, 0.1) is 11.5 Å². The van der Waals surface area contributed by atoms with Crippen molar-refractivity contribution in [3.63, 3.8) is 0 Å². The first kappa shape index (κ1) is 13.8. The van der Waals surface area contributed by atoms with E-state index in [1.165, 1.54) is 0 Å². The number of nitrogens with one attached hydrogen (secondary N) is 2. The van der Waals surface area contributed by atoms with Crippen LogP contribution in [0.2, 0.25) is 0 Å². The highest BCUT2D eigenvalue weighted by atomic mass is 32.2. The summed E-state index contributed by atoms with van der Waals surface area (Å²) in [5.41, 5.74) is 0. The molecule has 2 heterocycles. The van der Waals surface area contributed by atoms with Gasteiger partial charge in [-0.05, 0) is 13.0 Å². The molecule has 0 spiro atoms. The van der Waals surface area contributed by atoms with E-state index in [4.69, 9.17) is 0 Å². The van der Waals surface area contributed by atoms with Crippen molar-refractivity contribution in [2.24, 2.45) is 0 Å². The standard InChI is InChI=1S/C11H21N3O3S/c15-11(14-5-1-2-12-3-6-14)8-10-9-18(16,17)7-4-13-10/h10,12-13H,1-9H2. The van der Waals surface area contributed by atoms with Crippen LogP contribution in [0.5, 0.6) is 0 Å². The average Bonchev–Trinajstić information content (AvgIpc) is 2.55. The van der Waals surface area contributed by atoms with Crippen molar-refractivity contribution < 1.29 is 13.2 Å². The Bertz CT molecular complexity index is 388. The van der Waals surface area contributed by atoms with Gasteiger partial charge in [-0.1, -0.05) is 0 Å². The number of carbonyl (C=O) groups is 1. The van der Waals surface area contributed by atoms with E-state index in [1.807, 2.05) is 4.90 Å². The fourth-order valence-electron chi connectivity index (χ4n) is 2.43. The quantitative estimate of drug-likeness (QED) is 0.647. The molecule has 1 unspecified atom stereocenters. The van der Waals surface area contributed by atoms with E-state index in [9.17, 15) is 13.2 Å². The lowest BCUT2D eigenvalue weighted by atomic mass is 10.2. The van der Waals surface area contributed by atoms with Crippen LogP contribution in [0.15, 0.2) is 0 Å². The van der Waals surface area contributed by atoms with E-state index in [1.54, 1.807) is 0 Å². The molecule has 0 aromatic rings. The van der Waals surface area contributed by atoms with Crippen LogP contribution in [0.25, 0.3) is 0 Å². The van der Waals surface area contributed by atoms with Crippen molar-refractivity contribution in [3.05, 3.63) is 0 Å². The minimum atomic E-state index is -2.96. The molecule has 0 bridgehead atoms. The summed E-state index contributed by atoms with van der Waals surface area (Å²) in [4.78, 5) is 13.9. The second-order valence-corrected chi connectivity index (χ2v) is 7.18. The summed E-state index contributed by atoms with van der Waals surface area (Å²) in [5.74, 6) is 0.337. The Morgan fingerprint density at radius 2 is 2.06 bits per heavy atom. The van der Waals surface area contributed by atoms with Gasteiger partial charge in [0.25, 0.3) is 0 Å². The molecule has 0 aromatic carbocycles. The number of carbonyl (C=O) groups excluding carboxylic acids is 1. The van der Waals surface area contributed by atoms with Crippen LogP contribution in [0.1, 0.15) is 12.8 Å². The largest absolute Gasteiger partial charge is 0.341 e. The zero-order valence-corrected chi connectivity index (χ0v) is 11.3. The molecule has 1 atom stereocenters. The maximum absolute atomic E-state index is 12.1. The first-order valence-electron chi connectivity index (χ1n) is 6.49. The lowest BCUT2D eigenvalue weighted by Gasteiger charge is -2.26. The number of nitrogens with zero attached hydrogens (tertiary/aromatic N) is 1. The summed E-state index contributed by atoms with van der Waals surface area (Å²) >= 11 is 0. The Labute approximate surface area is 108 Å². The number of amides is 1. The minimum absolute atomic E-state index is 0.0632. The van der Waals surface area contributed by atoms with Crippen molar-refractivity contribution in [2.75, 3.05) is 44.2 Å². The number of rotatable bonds is 2. The van der Waals surface area contributed by atoms with Gasteiger partial charge >= 0.3 is 0 Å². The lowest BCUT2D eigenvalue weighted by molar-refractivity contribution is -0.131. The lowest BCUT2D eigenvalue weighted by Crippen LogP contribution is -2.48. The average molecular weight is 275 g/mol. The predicted molar refractivity (Wildman–Crippen MR) is 69.1 cm³/mol. The van der Waals surface area contributed by atoms with Crippen LogP contribution in [0, 0.1) is 0 Å². The zero-order valence-electron chi connectivity index (χ0n) is 10.5. The third-order valence-corrected chi connectivity index (χ3v) is 5.15. The van der Waals surface area contributed by atoms with E-state index < -0.39 is 9.84 Å². The van der Waals surface area contributed by atoms with E-state index in [0.29, 0.717) is 13.0 Å². The smallest absolute Gasteiger partial charge is 0.224 e. The molecule has 7 heteroatoms. The van der Waals surface area contributed by atoms with Crippen molar-refractivity contribution in [2.45, 2.75) is 18.9 Å². The molecule has 2 aliphatic rings. The molecule has 0 aromatic heterocycles. The molecule has 0 aliphatic carbocycles. The molecule has 0 radical (unpaired) electrons. The van der Waals surface area contributed by atoms with Crippen LogP contribution in [0.3, 0.4) is 0 Å². The van der Waals surface area contributed by atoms with E-state index in [-0.39, 0.29) is 23.5 Å². The second kappa shape index (κ2) is 5.99. The fraction of sp³-hybridized carbons (Fsp3) is 0.909. The number of sulfone groups is 1. The fourth-order valence-corrected chi connectivity index (χ4v) is 3.88. The highest BCUT2D eigenvalue weighted by Gasteiger charge is 2.27. The summed E-state index contributed by atoms with van der Waals surface area (Å²) < 4.78 is 23.0. The SMILES string of the molecule is O=C(CC1CS(=O)(=O)CCN1)N1CCCNCC1. The molecule has 2 fully saturated rings. The van der Waals surface area contributed by atoms with Gasteiger partial charge in [0, 0.05) is 38.6 Å². The molecular formula is C11H21N3O3S. The number of hydrogen-bond donors (Lipinski definition) is 2. The Hall–Kier alpha value is -0.660. The van der Waals surface area contributed by atoms with E-state index in [2.05, 4.69) is 10.6 Å². The molecule has 2 rings (SSSR count). The Morgan fingerprint density at radius 3 is 2.83 bits per heavy atom. The van der Waals surface area contributed by atoms with Crippen LogP contribution in [-0.2, 0) is 14.6 Å². The van der Waals surface area contributed by atoms with Gasteiger partial charge in [-0.2, -0.15) is 0 Å². The van der Waals surface area contributed by atoms with Gasteiger partial charge in [-0.15, -0.1) is 0 Å². The highest BCUT2D eigenvalue weighted by Crippen LogP contribution is 2.08. The van der Waals surface area contributed by atoms with Crippen molar-refractivity contribution in [1.29, 1.82) is 0 Å². The monoisotopic (exact) mass is 275 g/mol. The molecule has 104 valence electrons. The molecule has 2 aliphatic heterocycles. The molecule has 2 N–H and O–H groups in total. The first-order chi connectivity index (χ1) is 8.57. The molecular weight excluding hydrogens is 254 g/mol. The van der Waals surface area contributed by atoms with Crippen LogP contribution in [-0.4, -0.2) is 69.5 Å². The molecule has 6 nitrogen and oxygen atoms in total. The summed E-state index contributed by atoms with van der Waals surface area (Å²) in [6, 6.07) is -0.215. The topological polar surface area (TPSA) is 78.5 Å². The van der Waals surface area contributed by atoms with Crippen LogP contribution < -0.4 is 10.6 Å². The third kappa shape index (κ3) is 3.93. The summed E-state index contributed by atoms with van der Waals surface area (Å²) in [6.45, 7) is 3.72. The zero-order chi connectivity index (χ0) is 13.0. The molecule has 1 amide bonds. The Kier molecular flexibility index (Phi) is 4.58. The summed E-state index contributed by atoms with van der Waals surface area (Å²) in [5, 5.41) is 6.36. The predicted octanol–water partition coefficient (Wildman–Crippen LogP) is -1.41. The molecule has 18 heavy (non-hydrogen) atoms. The van der Waals surface area contributed by atoms with Crippen LogP contribution in [0.4, 0.5) is 0 Å². The minimum Gasteiger partial charge on any atom is -0.341 e. The van der Waals surface area contributed by atoms with Crippen molar-refractivity contribution in [3.8, 4) is 0 Å². The second-order valence-electron chi connectivity index (χ2n) is 4.95. The van der Waals surface area contributed by atoms with Gasteiger partial charge in [-0.3, -0.25) is 4.79 Å². The van der Waals surface area contributed by atoms with Crippen LogP contribution >= 0.6 is 0 Å². The number of hydrogen-bond acceptors (Lipinski definition) is 5. The Morgan fingerprint density at radius 1 is 1.22 bits per heavy atom. The normalized spacial score (nSPS) is 28.7. The summed E-state index contributed by atoms with van der Waals surface area (Å²) in [6.07, 6.45) is 1.25. The van der Waals surface area contributed by atoms with E-state index >= 15 is 0 Å². The van der Waals surface area contributed by atoms with E-state index in [0.717, 1.165) is 32.6 Å². The van der Waals surface area contributed by atoms with Crippen molar-refractivity contribution in [1.82, 2.24) is 15.5 Å². The molecule has 0 saturated carbocycles. The van der Waals surface area contributed by atoms with Gasteiger partial charge in [0.15, 0.2) is 9.84 Å². The highest BCUT2D eigenvalue weighted by molar-refractivity contribution is 7.91. The maximum atomic E-state index is 12.1. The summed E-state index contributed by atoms with van der Waals surface area (Å²) in [7, 11) is -2.96. The van der Waals surface area contributed by atoms with Crippen molar-refractivity contribution >= 4 is 15.7 Å².